The Hall–Kier alpha value is -2.51. The summed E-state index contributed by atoms with van der Waals surface area (Å²) in [6, 6.07) is 2.63. The number of anilines is 1. The summed E-state index contributed by atoms with van der Waals surface area (Å²) in [6.07, 6.45) is 0.676. The molecule has 1 aliphatic rings. The minimum absolute atomic E-state index is 0.233. The van der Waals surface area contributed by atoms with Crippen molar-refractivity contribution in [2.75, 3.05) is 31.5 Å². The van der Waals surface area contributed by atoms with Crippen molar-refractivity contribution in [3.63, 3.8) is 0 Å². The highest BCUT2D eigenvalue weighted by atomic mass is 19.1. The van der Waals surface area contributed by atoms with Crippen LogP contribution in [0, 0.1) is 11.6 Å². The van der Waals surface area contributed by atoms with Crippen LogP contribution in [0.1, 0.15) is 0 Å². The third-order valence-electron chi connectivity index (χ3n) is 3.12. The molecule has 0 atom stereocenters. The summed E-state index contributed by atoms with van der Waals surface area (Å²) in [6.45, 7) is 1.15. The van der Waals surface area contributed by atoms with Crippen molar-refractivity contribution in [3.8, 4) is 0 Å². The predicted octanol–water partition coefficient (Wildman–Crippen LogP) is 0.204. The lowest BCUT2D eigenvalue weighted by atomic mass is 10.2. The number of hydrogen-bond donors (Lipinski definition) is 1. The van der Waals surface area contributed by atoms with Crippen LogP contribution >= 0.6 is 0 Å². The minimum Gasteiger partial charge on any atom is -0.342 e. The maximum atomic E-state index is 13.4. The van der Waals surface area contributed by atoms with Crippen LogP contribution in [0.2, 0.25) is 0 Å². The first-order chi connectivity index (χ1) is 10.0. The van der Waals surface area contributed by atoms with Gasteiger partial charge in [-0.3, -0.25) is 14.4 Å². The second kappa shape index (κ2) is 6.29. The average molecular weight is 297 g/mol. The highest BCUT2D eigenvalue weighted by Crippen LogP contribution is 2.15. The van der Waals surface area contributed by atoms with Crippen molar-refractivity contribution in [2.24, 2.45) is 0 Å². The highest BCUT2D eigenvalue weighted by Gasteiger charge is 2.26. The third-order valence-corrected chi connectivity index (χ3v) is 3.12. The third kappa shape index (κ3) is 3.53. The fraction of sp³-hybridized carbons (Fsp3) is 0.308. The number of nitrogens with zero attached hydrogens (tertiary/aromatic N) is 2. The lowest BCUT2D eigenvalue weighted by Crippen LogP contribution is -2.51. The molecule has 6 nitrogen and oxygen atoms in total. The number of piperazine rings is 1. The first-order valence-electron chi connectivity index (χ1n) is 6.26. The predicted molar refractivity (Wildman–Crippen MR) is 69.2 cm³/mol. The smallest absolute Gasteiger partial charge is 0.313 e. The number of carbonyl (C=O) groups excluding carboxylic acids is 3. The fourth-order valence-corrected chi connectivity index (χ4v) is 1.94. The molecule has 0 radical (unpaired) electrons. The number of halogens is 2. The quantitative estimate of drug-likeness (QED) is 0.626. The molecule has 0 aliphatic carbocycles. The van der Waals surface area contributed by atoms with Gasteiger partial charge >= 0.3 is 11.8 Å². The van der Waals surface area contributed by atoms with Gasteiger partial charge < -0.3 is 15.1 Å². The van der Waals surface area contributed by atoms with Gasteiger partial charge in [-0.1, -0.05) is 0 Å². The largest absolute Gasteiger partial charge is 0.342 e. The monoisotopic (exact) mass is 297 g/mol. The van der Waals surface area contributed by atoms with E-state index in [9.17, 15) is 23.2 Å². The standard InChI is InChI=1S/C13H13F2N3O3/c14-9-1-2-11(10(15)7-9)16-12(20)13(21)18-5-3-17(8-19)4-6-18/h1-2,7-8H,3-6H2,(H,16,20). The van der Waals surface area contributed by atoms with Crippen molar-refractivity contribution in [1.82, 2.24) is 9.80 Å². The van der Waals surface area contributed by atoms with E-state index in [1.807, 2.05) is 0 Å². The molecule has 1 fully saturated rings. The van der Waals surface area contributed by atoms with Crippen molar-refractivity contribution in [1.29, 1.82) is 0 Å². The number of rotatable bonds is 2. The molecule has 1 saturated heterocycles. The minimum atomic E-state index is -1.000. The Morgan fingerprint density at radius 3 is 2.38 bits per heavy atom. The van der Waals surface area contributed by atoms with E-state index in [0.29, 0.717) is 25.6 Å². The van der Waals surface area contributed by atoms with E-state index in [4.69, 9.17) is 0 Å². The number of nitrogens with one attached hydrogen (secondary N) is 1. The molecule has 8 heteroatoms. The number of carbonyl (C=O) groups is 3. The van der Waals surface area contributed by atoms with E-state index in [1.165, 1.54) is 9.80 Å². The molecule has 1 N–H and O–H groups in total. The van der Waals surface area contributed by atoms with Gasteiger partial charge in [0.15, 0.2) is 0 Å². The van der Waals surface area contributed by atoms with Gasteiger partial charge in [0, 0.05) is 32.2 Å². The van der Waals surface area contributed by atoms with Gasteiger partial charge in [0.2, 0.25) is 6.41 Å². The van der Waals surface area contributed by atoms with Gasteiger partial charge in [-0.2, -0.15) is 0 Å². The summed E-state index contributed by atoms with van der Waals surface area (Å²) in [5, 5.41) is 2.10. The molecule has 3 amide bonds. The van der Waals surface area contributed by atoms with Crippen molar-refractivity contribution in [2.45, 2.75) is 0 Å². The Morgan fingerprint density at radius 2 is 1.81 bits per heavy atom. The maximum Gasteiger partial charge on any atom is 0.313 e. The molecule has 1 aromatic carbocycles. The molecule has 1 heterocycles. The molecule has 2 rings (SSSR count). The molecule has 0 bridgehead atoms. The molecule has 0 aromatic heterocycles. The zero-order valence-corrected chi connectivity index (χ0v) is 11.0. The van der Waals surface area contributed by atoms with E-state index in [0.717, 1.165) is 12.1 Å². The summed E-state index contributed by atoms with van der Waals surface area (Å²) < 4.78 is 26.1. The van der Waals surface area contributed by atoms with Gasteiger partial charge in [0.25, 0.3) is 0 Å². The Labute approximate surface area is 119 Å². The molecule has 112 valence electrons. The average Bonchev–Trinajstić information content (AvgIpc) is 2.49. The van der Waals surface area contributed by atoms with Crippen LogP contribution in [0.15, 0.2) is 18.2 Å². The normalized spacial score (nSPS) is 14.8. The summed E-state index contributed by atoms with van der Waals surface area (Å²) in [5.74, 6) is -3.55. The first-order valence-corrected chi connectivity index (χ1v) is 6.26. The number of benzene rings is 1. The van der Waals surface area contributed by atoms with Crippen molar-refractivity contribution >= 4 is 23.9 Å². The Kier molecular flexibility index (Phi) is 4.46. The SMILES string of the molecule is O=CN1CCN(C(=O)C(=O)Nc2ccc(F)cc2F)CC1. The Bertz CT molecular complexity index is 572. The molecule has 1 aliphatic heterocycles. The van der Waals surface area contributed by atoms with E-state index in [2.05, 4.69) is 5.32 Å². The maximum absolute atomic E-state index is 13.4. The molecule has 0 spiro atoms. The van der Waals surface area contributed by atoms with E-state index < -0.39 is 23.4 Å². The Balaban J connectivity index is 1.97. The van der Waals surface area contributed by atoms with E-state index >= 15 is 0 Å². The lowest BCUT2D eigenvalue weighted by molar-refractivity contribution is -0.144. The second-order valence-corrected chi connectivity index (χ2v) is 4.51. The molecular formula is C13H13F2N3O3. The number of amides is 3. The van der Waals surface area contributed by atoms with E-state index in [-0.39, 0.29) is 18.8 Å². The Morgan fingerprint density at radius 1 is 1.14 bits per heavy atom. The van der Waals surface area contributed by atoms with Crippen LogP contribution in [0.4, 0.5) is 14.5 Å². The van der Waals surface area contributed by atoms with Crippen LogP contribution < -0.4 is 5.32 Å². The van der Waals surface area contributed by atoms with Crippen LogP contribution in [0.5, 0.6) is 0 Å². The summed E-state index contributed by atoms with van der Waals surface area (Å²) in [4.78, 5) is 36.9. The van der Waals surface area contributed by atoms with Crippen molar-refractivity contribution in [3.05, 3.63) is 29.8 Å². The zero-order chi connectivity index (χ0) is 15.4. The van der Waals surface area contributed by atoms with Gasteiger partial charge in [-0.05, 0) is 12.1 Å². The molecular weight excluding hydrogens is 284 g/mol. The topological polar surface area (TPSA) is 69.7 Å². The van der Waals surface area contributed by atoms with Crippen LogP contribution in [0.25, 0.3) is 0 Å². The van der Waals surface area contributed by atoms with Crippen LogP contribution in [-0.4, -0.2) is 54.2 Å². The molecule has 21 heavy (non-hydrogen) atoms. The summed E-state index contributed by atoms with van der Waals surface area (Å²) >= 11 is 0. The second-order valence-electron chi connectivity index (χ2n) is 4.51. The molecule has 0 unspecified atom stereocenters. The van der Waals surface area contributed by atoms with Crippen LogP contribution in [-0.2, 0) is 14.4 Å². The number of hydrogen-bond acceptors (Lipinski definition) is 3. The highest BCUT2D eigenvalue weighted by molar-refractivity contribution is 6.39. The molecule has 0 saturated carbocycles. The van der Waals surface area contributed by atoms with Gasteiger partial charge in [0.1, 0.15) is 11.6 Å². The van der Waals surface area contributed by atoms with Gasteiger partial charge in [0.05, 0.1) is 5.69 Å². The van der Waals surface area contributed by atoms with E-state index in [1.54, 1.807) is 0 Å². The summed E-state index contributed by atoms with van der Waals surface area (Å²) in [5.41, 5.74) is -0.263. The van der Waals surface area contributed by atoms with Crippen molar-refractivity contribution < 1.29 is 23.2 Å². The van der Waals surface area contributed by atoms with Gasteiger partial charge in [-0.15, -0.1) is 0 Å². The first kappa shape index (κ1) is 14.9. The van der Waals surface area contributed by atoms with Gasteiger partial charge in [-0.25, -0.2) is 8.78 Å². The molecule has 1 aromatic rings. The van der Waals surface area contributed by atoms with Crippen LogP contribution in [0.3, 0.4) is 0 Å². The zero-order valence-electron chi connectivity index (χ0n) is 11.0. The fourth-order valence-electron chi connectivity index (χ4n) is 1.94. The lowest BCUT2D eigenvalue weighted by Gasteiger charge is -2.31. The summed E-state index contributed by atoms with van der Waals surface area (Å²) in [7, 11) is 0.